The number of nitrogens with zero attached hydrogens (tertiary/aromatic N) is 4. The molecule has 9 nitrogen and oxygen atoms in total. The second kappa shape index (κ2) is 8.62. The summed E-state index contributed by atoms with van der Waals surface area (Å²) in [6.07, 6.45) is 0. The SMILES string of the molecule is CC(=O)N1CCn2c(nc(C(=O)NCc3ccc(F)cc3)c(O)c2=O)C1CN(C)C. The molecular weight excluding hydrogens is 393 g/mol. The van der Waals surface area contributed by atoms with Gasteiger partial charge in [-0.1, -0.05) is 12.1 Å². The molecule has 1 aromatic heterocycles. The van der Waals surface area contributed by atoms with Crippen molar-refractivity contribution in [3.63, 3.8) is 0 Å². The average molecular weight is 417 g/mol. The van der Waals surface area contributed by atoms with Crippen molar-refractivity contribution >= 4 is 11.8 Å². The molecule has 2 heterocycles. The molecule has 160 valence electrons. The Balaban J connectivity index is 1.94. The molecule has 3 rings (SSSR count). The highest BCUT2D eigenvalue weighted by Gasteiger charge is 2.34. The molecule has 1 aromatic carbocycles. The van der Waals surface area contributed by atoms with Crippen LogP contribution in [-0.2, 0) is 17.9 Å². The van der Waals surface area contributed by atoms with E-state index >= 15 is 0 Å². The second-order valence-electron chi connectivity index (χ2n) is 7.42. The van der Waals surface area contributed by atoms with Crippen molar-refractivity contribution in [2.45, 2.75) is 26.1 Å². The Labute approximate surface area is 172 Å². The Hall–Kier alpha value is -3.27. The van der Waals surface area contributed by atoms with E-state index < -0.39 is 34.8 Å². The van der Waals surface area contributed by atoms with Gasteiger partial charge in [-0.25, -0.2) is 9.37 Å². The smallest absolute Gasteiger partial charge is 0.296 e. The molecule has 1 aliphatic rings. The summed E-state index contributed by atoms with van der Waals surface area (Å²) in [5, 5.41) is 12.9. The fraction of sp³-hybridized carbons (Fsp3) is 0.400. The highest BCUT2D eigenvalue weighted by Crippen LogP contribution is 2.25. The van der Waals surface area contributed by atoms with E-state index in [1.165, 1.54) is 35.8 Å². The van der Waals surface area contributed by atoms with E-state index in [0.29, 0.717) is 18.7 Å². The molecule has 2 aromatic rings. The Bertz CT molecular complexity index is 1020. The largest absolute Gasteiger partial charge is 0.501 e. The number of benzene rings is 1. The van der Waals surface area contributed by atoms with Crippen molar-refractivity contribution in [2.75, 3.05) is 27.2 Å². The van der Waals surface area contributed by atoms with Gasteiger partial charge in [0, 0.05) is 33.1 Å². The Morgan fingerprint density at radius 2 is 1.93 bits per heavy atom. The lowest BCUT2D eigenvalue weighted by atomic mass is 10.1. The average Bonchev–Trinajstić information content (AvgIpc) is 2.69. The van der Waals surface area contributed by atoms with Crippen molar-refractivity contribution in [1.82, 2.24) is 24.7 Å². The summed E-state index contributed by atoms with van der Waals surface area (Å²) in [5.41, 5.74) is -0.478. The fourth-order valence-electron chi connectivity index (χ4n) is 3.46. The standard InChI is InChI=1S/C20H24FN5O4/c1-12(27)25-8-9-26-18(15(25)11-24(2)3)23-16(17(28)20(26)30)19(29)22-10-13-4-6-14(21)7-5-13/h4-7,15,28H,8-11H2,1-3H3,(H,22,29). The van der Waals surface area contributed by atoms with Crippen LogP contribution in [0.15, 0.2) is 29.1 Å². The summed E-state index contributed by atoms with van der Waals surface area (Å²) in [6, 6.07) is 5.03. The van der Waals surface area contributed by atoms with Crippen molar-refractivity contribution in [3.05, 3.63) is 57.5 Å². The number of amides is 2. The van der Waals surface area contributed by atoms with E-state index in [9.17, 15) is 23.9 Å². The highest BCUT2D eigenvalue weighted by molar-refractivity contribution is 5.94. The van der Waals surface area contributed by atoms with Crippen molar-refractivity contribution < 1.29 is 19.1 Å². The number of hydrogen-bond acceptors (Lipinski definition) is 6. The molecule has 1 unspecified atom stereocenters. The van der Waals surface area contributed by atoms with Crippen molar-refractivity contribution in [3.8, 4) is 5.75 Å². The van der Waals surface area contributed by atoms with Gasteiger partial charge in [0.25, 0.3) is 11.5 Å². The van der Waals surface area contributed by atoms with Crippen LogP contribution in [-0.4, -0.2) is 63.5 Å². The zero-order valence-corrected chi connectivity index (χ0v) is 17.1. The maximum absolute atomic E-state index is 13.0. The molecule has 2 N–H and O–H groups in total. The number of aromatic hydroxyl groups is 1. The topological polar surface area (TPSA) is 108 Å². The number of halogens is 1. The first-order chi connectivity index (χ1) is 14.2. The Morgan fingerprint density at radius 1 is 1.27 bits per heavy atom. The maximum Gasteiger partial charge on any atom is 0.296 e. The van der Waals surface area contributed by atoms with Gasteiger partial charge in [0.15, 0.2) is 5.69 Å². The van der Waals surface area contributed by atoms with Crippen molar-refractivity contribution in [1.29, 1.82) is 0 Å². The minimum absolute atomic E-state index is 0.0688. The minimum Gasteiger partial charge on any atom is -0.501 e. The summed E-state index contributed by atoms with van der Waals surface area (Å²) in [5.74, 6) is -1.79. The molecule has 0 saturated carbocycles. The van der Waals surface area contributed by atoms with Crippen molar-refractivity contribution in [2.24, 2.45) is 0 Å². The fourth-order valence-corrected chi connectivity index (χ4v) is 3.46. The lowest BCUT2D eigenvalue weighted by Gasteiger charge is -2.37. The van der Waals surface area contributed by atoms with Gasteiger partial charge < -0.3 is 20.2 Å². The first-order valence-corrected chi connectivity index (χ1v) is 9.47. The normalized spacial score (nSPS) is 15.8. The molecular formula is C20H24FN5O4. The zero-order valence-electron chi connectivity index (χ0n) is 17.1. The molecule has 0 bridgehead atoms. The Morgan fingerprint density at radius 3 is 2.53 bits per heavy atom. The molecule has 0 aliphatic carbocycles. The van der Waals surface area contributed by atoms with Gasteiger partial charge in [0.1, 0.15) is 17.7 Å². The second-order valence-corrected chi connectivity index (χ2v) is 7.42. The van der Waals surface area contributed by atoms with Gasteiger partial charge in [0.05, 0.1) is 0 Å². The van der Waals surface area contributed by atoms with E-state index in [0.717, 1.165) is 0 Å². The van der Waals surface area contributed by atoms with Crippen LogP contribution in [0.1, 0.15) is 34.8 Å². The first-order valence-electron chi connectivity index (χ1n) is 9.47. The van der Waals surface area contributed by atoms with Gasteiger partial charge >= 0.3 is 0 Å². The number of carbonyl (C=O) groups excluding carboxylic acids is 2. The summed E-state index contributed by atoms with van der Waals surface area (Å²) in [6.45, 7) is 2.38. The third kappa shape index (κ3) is 4.33. The van der Waals surface area contributed by atoms with Gasteiger partial charge in [0.2, 0.25) is 11.7 Å². The molecule has 2 amide bonds. The molecule has 0 spiro atoms. The Kier molecular flexibility index (Phi) is 6.16. The number of likely N-dealkylation sites (N-methyl/N-ethyl adjacent to an activating group) is 1. The molecule has 0 fully saturated rings. The van der Waals surface area contributed by atoms with Crippen LogP contribution >= 0.6 is 0 Å². The molecule has 0 saturated heterocycles. The number of rotatable bonds is 5. The third-order valence-electron chi connectivity index (χ3n) is 4.94. The predicted molar refractivity (Wildman–Crippen MR) is 106 cm³/mol. The third-order valence-corrected chi connectivity index (χ3v) is 4.94. The van der Waals surface area contributed by atoms with Gasteiger partial charge in [-0.15, -0.1) is 0 Å². The molecule has 0 radical (unpaired) electrons. The first kappa shape index (κ1) is 21.4. The van der Waals surface area contributed by atoms with Gasteiger partial charge in [-0.05, 0) is 31.8 Å². The summed E-state index contributed by atoms with van der Waals surface area (Å²) in [4.78, 5) is 45.2. The van der Waals surface area contributed by atoms with Crippen LogP contribution in [0.4, 0.5) is 4.39 Å². The van der Waals surface area contributed by atoms with E-state index in [4.69, 9.17) is 0 Å². The summed E-state index contributed by atoms with van der Waals surface area (Å²) in [7, 11) is 3.65. The van der Waals surface area contributed by atoms with Crippen LogP contribution in [0.25, 0.3) is 0 Å². The number of carbonyl (C=O) groups is 2. The molecule has 1 aliphatic heterocycles. The molecule has 30 heavy (non-hydrogen) atoms. The number of nitrogens with one attached hydrogen (secondary N) is 1. The summed E-state index contributed by atoms with van der Waals surface area (Å²) >= 11 is 0. The van der Waals surface area contributed by atoms with Crippen LogP contribution in [0, 0.1) is 5.82 Å². The number of fused-ring (bicyclic) bond motifs is 1. The number of hydrogen-bond donors (Lipinski definition) is 2. The van der Waals surface area contributed by atoms with Crippen LogP contribution in [0.5, 0.6) is 5.75 Å². The van der Waals surface area contributed by atoms with E-state index in [1.807, 2.05) is 19.0 Å². The zero-order chi connectivity index (χ0) is 22.0. The van der Waals surface area contributed by atoms with E-state index in [1.54, 1.807) is 4.90 Å². The van der Waals surface area contributed by atoms with E-state index in [-0.39, 0.29) is 24.8 Å². The lowest BCUT2D eigenvalue weighted by Crippen LogP contribution is -2.49. The quantitative estimate of drug-likeness (QED) is 0.733. The predicted octanol–water partition coefficient (Wildman–Crippen LogP) is 0.483. The lowest BCUT2D eigenvalue weighted by molar-refractivity contribution is -0.133. The maximum atomic E-state index is 13.0. The number of aromatic nitrogens is 2. The summed E-state index contributed by atoms with van der Waals surface area (Å²) < 4.78 is 14.3. The molecule has 1 atom stereocenters. The van der Waals surface area contributed by atoms with Gasteiger partial charge in [-0.3, -0.25) is 19.0 Å². The van der Waals surface area contributed by atoms with E-state index in [2.05, 4.69) is 10.3 Å². The minimum atomic E-state index is -0.741. The monoisotopic (exact) mass is 417 g/mol. The highest BCUT2D eigenvalue weighted by atomic mass is 19.1. The van der Waals surface area contributed by atoms with Crippen LogP contribution in [0.2, 0.25) is 0 Å². The van der Waals surface area contributed by atoms with Crippen LogP contribution in [0.3, 0.4) is 0 Å². The van der Waals surface area contributed by atoms with Crippen LogP contribution < -0.4 is 10.9 Å². The van der Waals surface area contributed by atoms with Gasteiger partial charge in [-0.2, -0.15) is 0 Å². The molecule has 10 heteroatoms.